The Morgan fingerprint density at radius 1 is 0.971 bits per heavy atom. The maximum Gasteiger partial charge on any atom is 0.278 e. The van der Waals surface area contributed by atoms with Crippen LogP contribution in [0.15, 0.2) is 74.7 Å². The zero-order valence-corrected chi connectivity index (χ0v) is 21.5. The molecule has 0 spiro atoms. The van der Waals surface area contributed by atoms with E-state index in [2.05, 4.69) is 54.1 Å². The molecule has 0 bridgehead atoms. The van der Waals surface area contributed by atoms with Crippen molar-refractivity contribution in [2.75, 3.05) is 18.5 Å². The SMILES string of the molecule is C#CCOc1ccc(Br)cc1/C=N\N1C(=O)c2ccccc2N[C@@H]1c1cc(Br)ccc1OCC#C. The molecule has 1 aliphatic heterocycles. The predicted octanol–water partition coefficient (Wildman–Crippen LogP) is 5.84. The van der Waals surface area contributed by atoms with Gasteiger partial charge in [-0.05, 0) is 48.5 Å². The third kappa shape index (κ3) is 5.51. The number of para-hydroxylation sites is 1. The van der Waals surface area contributed by atoms with E-state index in [4.69, 9.17) is 22.3 Å². The van der Waals surface area contributed by atoms with Crippen LogP contribution in [0.2, 0.25) is 0 Å². The topological polar surface area (TPSA) is 63.2 Å². The molecule has 0 fully saturated rings. The van der Waals surface area contributed by atoms with Gasteiger partial charge in [-0.2, -0.15) is 5.10 Å². The van der Waals surface area contributed by atoms with Crippen LogP contribution in [0.1, 0.15) is 27.7 Å². The van der Waals surface area contributed by atoms with Crippen LogP contribution >= 0.6 is 31.9 Å². The van der Waals surface area contributed by atoms with Crippen molar-refractivity contribution >= 4 is 49.7 Å². The van der Waals surface area contributed by atoms with E-state index in [0.717, 1.165) is 8.95 Å². The van der Waals surface area contributed by atoms with E-state index in [0.29, 0.717) is 33.9 Å². The predicted molar refractivity (Wildman–Crippen MR) is 144 cm³/mol. The first-order chi connectivity index (χ1) is 17.0. The fourth-order valence-corrected chi connectivity index (χ4v) is 4.31. The smallest absolute Gasteiger partial charge is 0.278 e. The number of hydrogen-bond acceptors (Lipinski definition) is 5. The number of hydrogen-bond donors (Lipinski definition) is 1. The van der Waals surface area contributed by atoms with E-state index < -0.39 is 6.17 Å². The lowest BCUT2D eigenvalue weighted by Gasteiger charge is -2.35. The molecule has 0 radical (unpaired) electrons. The molecule has 6 nitrogen and oxygen atoms in total. The van der Waals surface area contributed by atoms with Gasteiger partial charge in [-0.15, -0.1) is 12.8 Å². The van der Waals surface area contributed by atoms with Gasteiger partial charge < -0.3 is 14.8 Å². The zero-order valence-electron chi connectivity index (χ0n) is 18.4. The molecule has 8 heteroatoms. The van der Waals surface area contributed by atoms with Gasteiger partial charge in [0.2, 0.25) is 0 Å². The Morgan fingerprint density at radius 3 is 2.37 bits per heavy atom. The van der Waals surface area contributed by atoms with Crippen LogP contribution in [0, 0.1) is 24.7 Å². The zero-order chi connectivity index (χ0) is 24.8. The number of amides is 1. The summed E-state index contributed by atoms with van der Waals surface area (Å²) in [5.41, 5.74) is 2.53. The fraction of sp³-hybridized carbons (Fsp3) is 0.111. The van der Waals surface area contributed by atoms with Crippen LogP contribution in [0.5, 0.6) is 11.5 Å². The highest BCUT2D eigenvalue weighted by atomic mass is 79.9. The molecule has 0 aromatic heterocycles. The van der Waals surface area contributed by atoms with Gasteiger partial charge in [0.1, 0.15) is 24.7 Å². The van der Waals surface area contributed by atoms with Gasteiger partial charge in [0.25, 0.3) is 5.91 Å². The molecule has 3 aromatic rings. The number of benzene rings is 3. The summed E-state index contributed by atoms with van der Waals surface area (Å²) in [6.45, 7) is 0.194. The third-order valence-electron chi connectivity index (χ3n) is 5.08. The van der Waals surface area contributed by atoms with Crippen LogP contribution in [0.4, 0.5) is 5.69 Å². The van der Waals surface area contributed by atoms with Crippen molar-refractivity contribution in [2.24, 2.45) is 5.10 Å². The molecule has 4 rings (SSSR count). The van der Waals surface area contributed by atoms with E-state index in [1.54, 1.807) is 30.5 Å². The Labute approximate surface area is 220 Å². The van der Waals surface area contributed by atoms with Gasteiger partial charge in [-0.1, -0.05) is 55.8 Å². The van der Waals surface area contributed by atoms with Crippen molar-refractivity contribution in [1.29, 1.82) is 0 Å². The molecule has 3 aromatic carbocycles. The molecule has 35 heavy (non-hydrogen) atoms. The lowest BCUT2D eigenvalue weighted by molar-refractivity contribution is 0.0689. The number of anilines is 1. The van der Waals surface area contributed by atoms with Crippen LogP contribution in [0.25, 0.3) is 0 Å². The molecule has 0 saturated carbocycles. The minimum Gasteiger partial charge on any atom is -0.481 e. The first-order valence-corrected chi connectivity index (χ1v) is 12.0. The molecule has 0 saturated heterocycles. The monoisotopic (exact) mass is 591 g/mol. The minimum atomic E-state index is -0.666. The summed E-state index contributed by atoms with van der Waals surface area (Å²) in [7, 11) is 0. The van der Waals surface area contributed by atoms with Crippen molar-refractivity contribution in [1.82, 2.24) is 5.01 Å². The summed E-state index contributed by atoms with van der Waals surface area (Å²) in [5, 5.41) is 9.36. The van der Waals surface area contributed by atoms with Gasteiger partial charge in [-0.3, -0.25) is 4.79 Å². The number of rotatable bonds is 7. The normalized spacial score (nSPS) is 14.6. The number of nitrogens with one attached hydrogen (secondary N) is 1. The number of halogens is 2. The molecule has 0 aliphatic carbocycles. The average molecular weight is 593 g/mol. The van der Waals surface area contributed by atoms with E-state index in [1.165, 1.54) is 5.01 Å². The largest absolute Gasteiger partial charge is 0.481 e. The molecule has 1 amide bonds. The second-order valence-electron chi connectivity index (χ2n) is 7.34. The minimum absolute atomic E-state index is 0.0864. The Morgan fingerprint density at radius 2 is 1.63 bits per heavy atom. The highest BCUT2D eigenvalue weighted by molar-refractivity contribution is 9.10. The molecule has 1 atom stereocenters. The van der Waals surface area contributed by atoms with Crippen molar-refractivity contribution in [3.05, 3.63) is 86.3 Å². The lowest BCUT2D eigenvalue weighted by Crippen LogP contribution is -2.39. The molecule has 0 unspecified atom stereocenters. The second-order valence-corrected chi connectivity index (χ2v) is 9.17. The molecular weight excluding hydrogens is 574 g/mol. The van der Waals surface area contributed by atoms with Gasteiger partial charge in [0, 0.05) is 25.8 Å². The highest BCUT2D eigenvalue weighted by Crippen LogP contribution is 2.38. The highest BCUT2D eigenvalue weighted by Gasteiger charge is 2.34. The van der Waals surface area contributed by atoms with Crippen LogP contribution in [-0.2, 0) is 0 Å². The van der Waals surface area contributed by atoms with E-state index in [9.17, 15) is 4.79 Å². The first-order valence-electron chi connectivity index (χ1n) is 10.5. The van der Waals surface area contributed by atoms with E-state index in [-0.39, 0.29) is 19.1 Å². The summed E-state index contributed by atoms with van der Waals surface area (Å²) in [5.74, 6) is 5.74. The van der Waals surface area contributed by atoms with Crippen molar-refractivity contribution in [3.8, 4) is 36.2 Å². The number of nitrogens with zero attached hydrogens (tertiary/aromatic N) is 2. The maximum absolute atomic E-state index is 13.6. The Hall–Kier alpha value is -3.72. The van der Waals surface area contributed by atoms with Crippen molar-refractivity contribution < 1.29 is 14.3 Å². The Kier molecular flexibility index (Phi) is 7.77. The summed E-state index contributed by atoms with van der Waals surface area (Å²) < 4.78 is 13.1. The van der Waals surface area contributed by atoms with Crippen LogP contribution in [-0.4, -0.2) is 30.3 Å². The van der Waals surface area contributed by atoms with Gasteiger partial charge >= 0.3 is 0 Å². The van der Waals surface area contributed by atoms with Crippen molar-refractivity contribution in [3.63, 3.8) is 0 Å². The van der Waals surface area contributed by atoms with E-state index >= 15 is 0 Å². The molecule has 1 aliphatic rings. The Bertz CT molecular complexity index is 1370. The summed E-state index contributed by atoms with van der Waals surface area (Å²) >= 11 is 6.98. The summed E-state index contributed by atoms with van der Waals surface area (Å²) in [6, 6.07) is 18.2. The fourth-order valence-electron chi connectivity index (χ4n) is 3.55. The quantitative estimate of drug-likeness (QED) is 0.277. The van der Waals surface area contributed by atoms with Gasteiger partial charge in [0.15, 0.2) is 6.17 Å². The standard InChI is InChI=1S/C27H19Br2N3O3/c1-3-13-34-24-11-9-19(28)15-18(24)17-30-32-26(31-23-8-6-5-7-21(23)27(32)33)22-16-20(29)10-12-25(22)35-14-4-2/h1-2,5-12,15-17,26,31H,13-14H2/b30-17-/t26-/m0/s1. The van der Waals surface area contributed by atoms with Gasteiger partial charge in [0.05, 0.1) is 11.8 Å². The lowest BCUT2D eigenvalue weighted by atomic mass is 10.0. The van der Waals surface area contributed by atoms with Crippen LogP contribution < -0.4 is 14.8 Å². The maximum atomic E-state index is 13.6. The second kappa shape index (κ2) is 11.1. The molecule has 1 heterocycles. The summed E-state index contributed by atoms with van der Waals surface area (Å²) in [6.07, 6.45) is 11.7. The average Bonchev–Trinajstić information content (AvgIpc) is 2.86. The number of terminal acetylenes is 2. The van der Waals surface area contributed by atoms with Gasteiger partial charge in [-0.25, -0.2) is 5.01 Å². The number of ether oxygens (including phenoxy) is 2. The van der Waals surface area contributed by atoms with Crippen LogP contribution in [0.3, 0.4) is 0 Å². The number of carbonyl (C=O) groups excluding carboxylic acids is 1. The molecule has 174 valence electrons. The molecule has 1 N–H and O–H groups in total. The number of fused-ring (bicyclic) bond motifs is 1. The van der Waals surface area contributed by atoms with E-state index in [1.807, 2.05) is 36.4 Å². The number of carbonyl (C=O) groups is 1. The number of hydrazone groups is 1. The first kappa shape index (κ1) is 24.4. The van der Waals surface area contributed by atoms with Crippen molar-refractivity contribution in [2.45, 2.75) is 6.17 Å². The molecular formula is C27H19Br2N3O3. The Balaban J connectivity index is 1.80. The summed E-state index contributed by atoms with van der Waals surface area (Å²) in [4.78, 5) is 13.6. The third-order valence-corrected chi connectivity index (χ3v) is 6.07.